The predicted octanol–water partition coefficient (Wildman–Crippen LogP) is 1.06. The van der Waals surface area contributed by atoms with Gasteiger partial charge in [-0.05, 0) is 30.8 Å². The second-order valence-electron chi connectivity index (χ2n) is 4.63. The molecule has 96 valence electrons. The van der Waals surface area contributed by atoms with Gasteiger partial charge < -0.3 is 15.5 Å². The molecule has 0 aromatic heterocycles. The summed E-state index contributed by atoms with van der Waals surface area (Å²) in [6.45, 7) is 3.49. The molecule has 1 saturated heterocycles. The van der Waals surface area contributed by atoms with Gasteiger partial charge in [-0.25, -0.2) is 0 Å². The Kier molecular flexibility index (Phi) is 3.99. The van der Waals surface area contributed by atoms with Gasteiger partial charge in [0, 0.05) is 37.9 Å². The van der Waals surface area contributed by atoms with Gasteiger partial charge in [0.1, 0.15) is 0 Å². The van der Waals surface area contributed by atoms with Crippen LogP contribution in [0.2, 0.25) is 0 Å². The molecule has 1 aliphatic rings. The van der Waals surface area contributed by atoms with Gasteiger partial charge in [-0.1, -0.05) is 12.1 Å². The van der Waals surface area contributed by atoms with Crippen LogP contribution in [0.15, 0.2) is 30.3 Å². The molecule has 18 heavy (non-hydrogen) atoms. The Balaban J connectivity index is 1.94. The number of amides is 1. The molecular weight excluding hydrogens is 226 g/mol. The monoisotopic (exact) mass is 245 g/mol. The largest absolute Gasteiger partial charge is 0.399 e. The minimum absolute atomic E-state index is 0.0746. The van der Waals surface area contributed by atoms with Crippen LogP contribution in [0.5, 0.6) is 0 Å². The van der Waals surface area contributed by atoms with Crippen LogP contribution in [0.1, 0.15) is 5.56 Å². The number of hydrogen-bond donors (Lipinski definition) is 1. The highest BCUT2D eigenvalue weighted by Crippen LogP contribution is 2.09. The predicted molar refractivity (Wildman–Crippen MR) is 74.0 cm³/mol. The van der Waals surface area contributed by atoms with Crippen molar-refractivity contribution in [2.24, 2.45) is 0 Å². The van der Waals surface area contributed by atoms with Gasteiger partial charge in [0.15, 0.2) is 0 Å². The van der Waals surface area contributed by atoms with E-state index in [0.29, 0.717) is 5.69 Å². The number of carbonyl (C=O) groups excluding carboxylic acids is 1. The maximum absolute atomic E-state index is 12.0. The summed E-state index contributed by atoms with van der Waals surface area (Å²) in [6.07, 6.45) is 3.44. The zero-order chi connectivity index (χ0) is 13.0. The van der Waals surface area contributed by atoms with Crippen molar-refractivity contribution < 1.29 is 4.79 Å². The van der Waals surface area contributed by atoms with Crippen molar-refractivity contribution in [2.45, 2.75) is 0 Å². The summed E-state index contributed by atoms with van der Waals surface area (Å²) in [5.74, 6) is 0.0746. The highest BCUT2D eigenvalue weighted by atomic mass is 16.2. The maximum atomic E-state index is 12.0. The number of hydrogen-bond acceptors (Lipinski definition) is 3. The normalized spacial score (nSPS) is 17.3. The molecule has 1 heterocycles. The van der Waals surface area contributed by atoms with Gasteiger partial charge >= 0.3 is 0 Å². The SMILES string of the molecule is CN1CCN(C(=O)/C=C/c2cccc(N)c2)CC1. The van der Waals surface area contributed by atoms with Crippen molar-refractivity contribution in [3.8, 4) is 0 Å². The number of likely N-dealkylation sites (N-methyl/N-ethyl adjacent to an activating group) is 1. The number of carbonyl (C=O) groups is 1. The maximum Gasteiger partial charge on any atom is 0.246 e. The molecule has 1 fully saturated rings. The van der Waals surface area contributed by atoms with Gasteiger partial charge in [0.25, 0.3) is 0 Å². The molecule has 2 N–H and O–H groups in total. The Morgan fingerprint density at radius 2 is 2.00 bits per heavy atom. The van der Waals surface area contributed by atoms with Gasteiger partial charge in [-0.3, -0.25) is 4.79 Å². The van der Waals surface area contributed by atoms with E-state index in [1.807, 2.05) is 35.2 Å². The lowest BCUT2D eigenvalue weighted by Gasteiger charge is -2.31. The van der Waals surface area contributed by atoms with E-state index in [2.05, 4.69) is 11.9 Å². The number of anilines is 1. The highest BCUT2D eigenvalue weighted by molar-refractivity contribution is 5.92. The van der Waals surface area contributed by atoms with Crippen LogP contribution in [0, 0.1) is 0 Å². The molecule has 1 aromatic rings. The highest BCUT2D eigenvalue weighted by Gasteiger charge is 2.16. The summed E-state index contributed by atoms with van der Waals surface area (Å²) in [5, 5.41) is 0. The summed E-state index contributed by atoms with van der Waals surface area (Å²) in [7, 11) is 2.07. The van der Waals surface area contributed by atoms with E-state index in [9.17, 15) is 4.79 Å². The first-order valence-corrected chi connectivity index (χ1v) is 6.16. The fourth-order valence-corrected chi connectivity index (χ4v) is 1.96. The van der Waals surface area contributed by atoms with Crippen molar-refractivity contribution in [3.63, 3.8) is 0 Å². The lowest BCUT2D eigenvalue weighted by Crippen LogP contribution is -2.46. The van der Waals surface area contributed by atoms with E-state index >= 15 is 0 Å². The third-order valence-corrected chi connectivity index (χ3v) is 3.14. The minimum atomic E-state index is 0.0746. The fraction of sp³-hybridized carbons (Fsp3) is 0.357. The van der Waals surface area contributed by atoms with Crippen LogP contribution < -0.4 is 5.73 Å². The van der Waals surface area contributed by atoms with Crippen LogP contribution in [0.4, 0.5) is 5.69 Å². The Hall–Kier alpha value is -1.81. The van der Waals surface area contributed by atoms with Crippen LogP contribution in [0.25, 0.3) is 6.08 Å². The molecular formula is C14H19N3O. The smallest absolute Gasteiger partial charge is 0.246 e. The molecule has 4 heteroatoms. The quantitative estimate of drug-likeness (QED) is 0.626. The van der Waals surface area contributed by atoms with E-state index in [1.165, 1.54) is 0 Å². The van der Waals surface area contributed by atoms with Crippen molar-refractivity contribution in [1.29, 1.82) is 0 Å². The van der Waals surface area contributed by atoms with E-state index in [-0.39, 0.29) is 5.91 Å². The molecule has 1 aliphatic heterocycles. The summed E-state index contributed by atoms with van der Waals surface area (Å²) in [6, 6.07) is 7.51. The van der Waals surface area contributed by atoms with Crippen LogP contribution in [-0.4, -0.2) is 48.9 Å². The van der Waals surface area contributed by atoms with Crippen molar-refractivity contribution in [1.82, 2.24) is 9.80 Å². The van der Waals surface area contributed by atoms with Crippen molar-refractivity contribution in [2.75, 3.05) is 39.0 Å². The fourth-order valence-electron chi connectivity index (χ4n) is 1.96. The Labute approximate surface area is 108 Å². The molecule has 2 rings (SSSR count). The third kappa shape index (κ3) is 3.34. The van der Waals surface area contributed by atoms with E-state index in [4.69, 9.17) is 5.73 Å². The summed E-state index contributed by atoms with van der Waals surface area (Å²) < 4.78 is 0. The molecule has 0 saturated carbocycles. The molecule has 0 radical (unpaired) electrons. The number of nitrogens with two attached hydrogens (primary N) is 1. The average molecular weight is 245 g/mol. The molecule has 0 unspecified atom stereocenters. The third-order valence-electron chi connectivity index (χ3n) is 3.14. The van der Waals surface area contributed by atoms with Gasteiger partial charge in [0.2, 0.25) is 5.91 Å². The Morgan fingerprint density at radius 3 is 2.67 bits per heavy atom. The van der Waals surface area contributed by atoms with E-state index in [0.717, 1.165) is 31.7 Å². The van der Waals surface area contributed by atoms with Crippen molar-refractivity contribution >= 4 is 17.7 Å². The number of nitrogen functional groups attached to an aromatic ring is 1. The summed E-state index contributed by atoms with van der Waals surface area (Å²) >= 11 is 0. The minimum Gasteiger partial charge on any atom is -0.399 e. The zero-order valence-corrected chi connectivity index (χ0v) is 10.7. The first-order chi connectivity index (χ1) is 8.65. The first kappa shape index (κ1) is 12.6. The van der Waals surface area contributed by atoms with Crippen LogP contribution in [-0.2, 0) is 4.79 Å². The number of piperazine rings is 1. The summed E-state index contributed by atoms with van der Waals surface area (Å²) in [5.41, 5.74) is 7.36. The number of nitrogens with zero attached hydrogens (tertiary/aromatic N) is 2. The van der Waals surface area contributed by atoms with Crippen molar-refractivity contribution in [3.05, 3.63) is 35.9 Å². The molecule has 0 spiro atoms. The zero-order valence-electron chi connectivity index (χ0n) is 10.7. The molecule has 1 amide bonds. The lowest BCUT2D eigenvalue weighted by molar-refractivity contribution is -0.127. The van der Waals surface area contributed by atoms with E-state index in [1.54, 1.807) is 6.08 Å². The topological polar surface area (TPSA) is 49.6 Å². The van der Waals surface area contributed by atoms with Crippen LogP contribution >= 0.6 is 0 Å². The lowest BCUT2D eigenvalue weighted by atomic mass is 10.2. The molecule has 1 aromatic carbocycles. The molecule has 0 bridgehead atoms. The second-order valence-corrected chi connectivity index (χ2v) is 4.63. The Bertz CT molecular complexity index is 448. The number of benzene rings is 1. The Morgan fingerprint density at radius 1 is 1.28 bits per heavy atom. The van der Waals surface area contributed by atoms with Gasteiger partial charge in [-0.2, -0.15) is 0 Å². The van der Waals surface area contributed by atoms with Gasteiger partial charge in [0.05, 0.1) is 0 Å². The van der Waals surface area contributed by atoms with E-state index < -0.39 is 0 Å². The average Bonchev–Trinajstić information content (AvgIpc) is 2.37. The molecule has 0 atom stereocenters. The standard InChI is InChI=1S/C14H19N3O/c1-16-7-9-17(10-8-16)14(18)6-5-12-3-2-4-13(15)11-12/h2-6,11H,7-10,15H2,1H3/b6-5+. The molecule has 0 aliphatic carbocycles. The second kappa shape index (κ2) is 5.69. The first-order valence-electron chi connectivity index (χ1n) is 6.16. The summed E-state index contributed by atoms with van der Waals surface area (Å²) in [4.78, 5) is 16.1. The van der Waals surface area contributed by atoms with Crippen LogP contribution in [0.3, 0.4) is 0 Å². The molecule has 4 nitrogen and oxygen atoms in total. The van der Waals surface area contributed by atoms with Gasteiger partial charge in [-0.15, -0.1) is 0 Å². The number of rotatable bonds is 2.